The number of piperidine rings is 1. The maximum absolute atomic E-state index is 12.4. The Hall–Kier alpha value is -1.63. The summed E-state index contributed by atoms with van der Waals surface area (Å²) in [5, 5.41) is 5.73. The number of rotatable bonds is 4. The molecule has 1 heterocycles. The lowest BCUT2D eigenvalue weighted by Crippen LogP contribution is -3.14. The molecular weight excluding hydrogens is 346 g/mol. The number of amides is 3. The van der Waals surface area contributed by atoms with Gasteiger partial charge < -0.3 is 15.0 Å². The molecule has 27 heavy (non-hydrogen) atoms. The summed E-state index contributed by atoms with van der Waals surface area (Å²) >= 11 is 0. The van der Waals surface area contributed by atoms with Gasteiger partial charge in [-0.25, -0.2) is 4.79 Å². The van der Waals surface area contributed by atoms with Crippen LogP contribution in [0.3, 0.4) is 0 Å². The van der Waals surface area contributed by atoms with E-state index in [1.54, 1.807) is 0 Å². The van der Waals surface area contributed by atoms with Crippen LogP contribution in [-0.2, 0) is 14.3 Å². The zero-order valence-electron chi connectivity index (χ0n) is 16.2. The van der Waals surface area contributed by atoms with Crippen LogP contribution in [0.25, 0.3) is 0 Å². The van der Waals surface area contributed by atoms with E-state index < -0.39 is 0 Å². The van der Waals surface area contributed by atoms with Gasteiger partial charge in [-0.15, -0.1) is 0 Å². The number of hydrogen-bond donors (Lipinski definition) is 3. The highest BCUT2D eigenvalue weighted by molar-refractivity contribution is 5.95. The fraction of sp³-hybridized carbons (Fsp3) is 0.850. The van der Waals surface area contributed by atoms with E-state index in [1.807, 2.05) is 0 Å². The summed E-state index contributed by atoms with van der Waals surface area (Å²) in [6, 6.07) is -0.328. The monoisotopic (exact) mass is 378 g/mol. The lowest BCUT2D eigenvalue weighted by molar-refractivity contribution is -0.897. The Morgan fingerprint density at radius 2 is 1.56 bits per heavy atom. The van der Waals surface area contributed by atoms with Gasteiger partial charge in [0.15, 0.2) is 6.54 Å². The number of carbonyl (C=O) groups is 3. The second-order valence-electron chi connectivity index (χ2n) is 9.42. The summed E-state index contributed by atoms with van der Waals surface area (Å²) < 4.78 is 4.79. The van der Waals surface area contributed by atoms with E-state index in [-0.39, 0.29) is 35.9 Å². The van der Waals surface area contributed by atoms with E-state index in [4.69, 9.17) is 4.74 Å². The van der Waals surface area contributed by atoms with Gasteiger partial charge in [0.1, 0.15) is 0 Å². The fourth-order valence-corrected chi connectivity index (χ4v) is 6.54. The third-order valence-corrected chi connectivity index (χ3v) is 7.31. The summed E-state index contributed by atoms with van der Waals surface area (Å²) in [5.41, 5.74) is -0.0785. The van der Waals surface area contributed by atoms with E-state index in [0.717, 1.165) is 67.8 Å². The number of methoxy groups -OCH3 is 1. The Kier molecular flexibility index (Phi) is 5.14. The highest BCUT2D eigenvalue weighted by atomic mass is 16.5. The number of urea groups is 1. The zero-order valence-corrected chi connectivity index (χ0v) is 16.2. The van der Waals surface area contributed by atoms with E-state index in [1.165, 1.54) is 26.4 Å². The molecule has 0 aromatic carbocycles. The smallest absolute Gasteiger partial charge is 0.322 e. The third kappa shape index (κ3) is 4.13. The van der Waals surface area contributed by atoms with E-state index in [2.05, 4.69) is 10.6 Å². The molecule has 0 aromatic rings. The van der Waals surface area contributed by atoms with Crippen LogP contribution in [-0.4, -0.2) is 50.2 Å². The molecule has 0 atom stereocenters. The van der Waals surface area contributed by atoms with Crippen molar-refractivity contribution < 1.29 is 24.0 Å². The molecule has 0 radical (unpaired) electrons. The van der Waals surface area contributed by atoms with E-state index >= 15 is 0 Å². The Labute approximate surface area is 160 Å². The third-order valence-electron chi connectivity index (χ3n) is 7.31. The molecule has 7 heteroatoms. The molecule has 0 unspecified atom stereocenters. The predicted molar refractivity (Wildman–Crippen MR) is 97.9 cm³/mol. The Morgan fingerprint density at radius 1 is 1.00 bits per heavy atom. The van der Waals surface area contributed by atoms with Gasteiger partial charge >= 0.3 is 12.0 Å². The molecule has 0 aromatic heterocycles. The first-order valence-corrected chi connectivity index (χ1v) is 10.5. The maximum atomic E-state index is 12.4. The molecule has 5 aliphatic rings. The van der Waals surface area contributed by atoms with Crippen LogP contribution in [0, 0.1) is 23.7 Å². The summed E-state index contributed by atoms with van der Waals surface area (Å²) in [5.74, 6) is 1.83. The molecule has 1 aliphatic heterocycles. The number of imide groups is 1. The van der Waals surface area contributed by atoms with Gasteiger partial charge in [0.25, 0.3) is 5.91 Å². The number of nitrogens with one attached hydrogen (secondary N) is 3. The van der Waals surface area contributed by atoms with Gasteiger partial charge in [0.2, 0.25) is 0 Å². The van der Waals surface area contributed by atoms with Crippen LogP contribution in [0.1, 0.15) is 51.4 Å². The molecule has 3 amide bonds. The Balaban J connectivity index is 1.22. The highest BCUT2D eigenvalue weighted by Crippen LogP contribution is 2.55. The second kappa shape index (κ2) is 7.41. The van der Waals surface area contributed by atoms with Gasteiger partial charge in [-0.2, -0.15) is 0 Å². The molecule has 4 aliphatic carbocycles. The molecule has 5 fully saturated rings. The van der Waals surface area contributed by atoms with Crippen molar-refractivity contribution in [3.8, 4) is 0 Å². The molecule has 1 saturated heterocycles. The van der Waals surface area contributed by atoms with Crippen molar-refractivity contribution in [3.63, 3.8) is 0 Å². The van der Waals surface area contributed by atoms with Crippen molar-refractivity contribution in [1.82, 2.24) is 10.6 Å². The van der Waals surface area contributed by atoms with Crippen molar-refractivity contribution in [1.29, 1.82) is 0 Å². The number of ether oxygens (including phenoxy) is 1. The number of carbonyl (C=O) groups excluding carboxylic acids is 3. The maximum Gasteiger partial charge on any atom is 0.322 e. The average molecular weight is 378 g/mol. The summed E-state index contributed by atoms with van der Waals surface area (Å²) in [7, 11) is 1.41. The first-order valence-electron chi connectivity index (χ1n) is 10.5. The van der Waals surface area contributed by atoms with Crippen LogP contribution < -0.4 is 15.5 Å². The predicted octanol–water partition coefficient (Wildman–Crippen LogP) is 0.249. The minimum absolute atomic E-state index is 0.0545. The summed E-state index contributed by atoms with van der Waals surface area (Å²) in [4.78, 5) is 37.4. The lowest BCUT2D eigenvalue weighted by atomic mass is 9.53. The quantitative estimate of drug-likeness (QED) is 0.612. The van der Waals surface area contributed by atoms with Gasteiger partial charge in [-0.1, -0.05) is 0 Å². The number of esters is 1. The Bertz CT molecular complexity index is 577. The lowest BCUT2D eigenvalue weighted by Gasteiger charge is -2.56. The SMILES string of the molecule is COC(=O)C1CC[NH+](CC(=O)NC(=O)NC23CC4CC(CC(C4)C2)C3)CC1. The molecular formula is C20H32N3O4+. The van der Waals surface area contributed by atoms with Gasteiger partial charge in [0, 0.05) is 18.4 Å². The Morgan fingerprint density at radius 3 is 2.07 bits per heavy atom. The minimum Gasteiger partial charge on any atom is -0.469 e. The van der Waals surface area contributed by atoms with Crippen molar-refractivity contribution >= 4 is 17.9 Å². The summed E-state index contributed by atoms with van der Waals surface area (Å²) in [6.07, 6.45) is 8.67. The first-order chi connectivity index (χ1) is 12.9. The van der Waals surface area contributed by atoms with Crippen molar-refractivity contribution in [2.75, 3.05) is 26.7 Å². The number of quaternary nitrogens is 1. The largest absolute Gasteiger partial charge is 0.469 e. The molecule has 4 bridgehead atoms. The van der Waals surface area contributed by atoms with E-state index in [0.29, 0.717) is 0 Å². The highest BCUT2D eigenvalue weighted by Gasteiger charge is 2.51. The minimum atomic E-state index is -0.328. The zero-order chi connectivity index (χ0) is 19.0. The van der Waals surface area contributed by atoms with E-state index in [9.17, 15) is 14.4 Å². The van der Waals surface area contributed by atoms with Crippen molar-refractivity contribution in [3.05, 3.63) is 0 Å². The standard InChI is InChI=1S/C20H31N3O4/c1-27-18(25)16-2-4-23(5-3-16)12-17(24)21-19(26)22-20-9-13-6-14(10-20)8-15(7-13)11-20/h13-16H,2-12H2,1H3,(H2,21,22,24,26)/p+1. The fourth-order valence-electron chi connectivity index (χ4n) is 6.54. The van der Waals surface area contributed by atoms with Crippen LogP contribution in [0.15, 0.2) is 0 Å². The molecule has 4 saturated carbocycles. The van der Waals surface area contributed by atoms with Crippen LogP contribution in [0.4, 0.5) is 4.79 Å². The van der Waals surface area contributed by atoms with Crippen LogP contribution in [0.2, 0.25) is 0 Å². The molecule has 150 valence electrons. The molecule has 5 rings (SSSR count). The van der Waals surface area contributed by atoms with Crippen molar-refractivity contribution in [2.24, 2.45) is 23.7 Å². The van der Waals surface area contributed by atoms with Gasteiger partial charge in [0.05, 0.1) is 26.1 Å². The molecule has 7 nitrogen and oxygen atoms in total. The van der Waals surface area contributed by atoms with Crippen LogP contribution >= 0.6 is 0 Å². The topological polar surface area (TPSA) is 88.9 Å². The second-order valence-corrected chi connectivity index (χ2v) is 9.42. The van der Waals surface area contributed by atoms with Crippen LogP contribution in [0.5, 0.6) is 0 Å². The summed E-state index contributed by atoms with van der Waals surface area (Å²) in [6.45, 7) is 1.79. The van der Waals surface area contributed by atoms with Crippen molar-refractivity contribution in [2.45, 2.75) is 56.9 Å². The average Bonchev–Trinajstić information content (AvgIpc) is 2.59. The first kappa shape index (κ1) is 18.7. The number of hydrogen-bond acceptors (Lipinski definition) is 4. The molecule has 3 N–H and O–H groups in total. The number of likely N-dealkylation sites (tertiary alicyclic amines) is 1. The normalized spacial score (nSPS) is 39.7. The van der Waals surface area contributed by atoms with Gasteiger partial charge in [-0.3, -0.25) is 14.9 Å². The molecule has 0 spiro atoms. The van der Waals surface area contributed by atoms with Gasteiger partial charge in [-0.05, 0) is 56.3 Å².